The lowest BCUT2D eigenvalue weighted by Crippen LogP contribution is -2.42. The van der Waals surface area contributed by atoms with E-state index in [1.165, 1.54) is 0 Å². The van der Waals surface area contributed by atoms with Crippen LogP contribution < -0.4 is 0 Å². The SMILES string of the molecule is Cc1ccc(C(=O)CCC(=O)N2CCOC(c3ccccc3)C2)cc1. The fourth-order valence-electron chi connectivity index (χ4n) is 3.01. The Kier molecular flexibility index (Phi) is 5.61. The lowest BCUT2D eigenvalue weighted by molar-refractivity contribution is -0.139. The molecule has 1 amide bonds. The summed E-state index contributed by atoms with van der Waals surface area (Å²) in [5.41, 5.74) is 2.87. The lowest BCUT2D eigenvalue weighted by Gasteiger charge is -2.33. The monoisotopic (exact) mass is 337 g/mol. The summed E-state index contributed by atoms with van der Waals surface area (Å²) in [6.07, 6.45) is 0.399. The second kappa shape index (κ2) is 8.08. The van der Waals surface area contributed by atoms with E-state index in [2.05, 4.69) is 0 Å². The van der Waals surface area contributed by atoms with Crippen molar-refractivity contribution in [1.29, 1.82) is 0 Å². The predicted molar refractivity (Wildman–Crippen MR) is 96.5 cm³/mol. The highest BCUT2D eigenvalue weighted by Crippen LogP contribution is 2.22. The second-order valence-electron chi connectivity index (χ2n) is 6.40. The van der Waals surface area contributed by atoms with Crippen LogP contribution in [0.5, 0.6) is 0 Å². The number of nitrogens with zero attached hydrogens (tertiary/aromatic N) is 1. The van der Waals surface area contributed by atoms with Gasteiger partial charge < -0.3 is 9.64 Å². The van der Waals surface area contributed by atoms with Gasteiger partial charge in [-0.3, -0.25) is 9.59 Å². The molecule has 4 nitrogen and oxygen atoms in total. The molecule has 0 aromatic heterocycles. The smallest absolute Gasteiger partial charge is 0.223 e. The third-order valence-corrected chi connectivity index (χ3v) is 4.53. The summed E-state index contributed by atoms with van der Waals surface area (Å²) in [5, 5.41) is 0. The van der Waals surface area contributed by atoms with E-state index in [1.807, 2.05) is 66.4 Å². The van der Waals surface area contributed by atoms with Crippen LogP contribution in [0.15, 0.2) is 54.6 Å². The highest BCUT2D eigenvalue weighted by atomic mass is 16.5. The minimum Gasteiger partial charge on any atom is -0.370 e. The van der Waals surface area contributed by atoms with Crippen LogP contribution in [-0.4, -0.2) is 36.3 Å². The second-order valence-corrected chi connectivity index (χ2v) is 6.40. The summed E-state index contributed by atoms with van der Waals surface area (Å²) in [5.74, 6) is 0.0333. The number of aryl methyl sites for hydroxylation is 1. The predicted octanol–water partition coefficient (Wildman–Crippen LogP) is 3.56. The number of rotatable bonds is 5. The van der Waals surface area contributed by atoms with E-state index in [-0.39, 0.29) is 30.6 Å². The normalized spacial score (nSPS) is 17.3. The van der Waals surface area contributed by atoms with E-state index in [4.69, 9.17) is 4.74 Å². The third kappa shape index (κ3) is 4.54. The standard InChI is InChI=1S/C21H23NO3/c1-16-7-9-17(10-8-16)19(23)11-12-21(24)22-13-14-25-20(15-22)18-5-3-2-4-6-18/h2-10,20H,11-15H2,1H3. The number of ketones is 1. The van der Waals surface area contributed by atoms with E-state index in [1.54, 1.807) is 0 Å². The van der Waals surface area contributed by atoms with E-state index in [9.17, 15) is 9.59 Å². The van der Waals surface area contributed by atoms with Crippen molar-refractivity contribution in [2.75, 3.05) is 19.7 Å². The van der Waals surface area contributed by atoms with Gasteiger partial charge in [0, 0.05) is 24.9 Å². The zero-order valence-electron chi connectivity index (χ0n) is 14.5. The molecule has 2 aromatic rings. The topological polar surface area (TPSA) is 46.6 Å². The summed E-state index contributed by atoms with van der Waals surface area (Å²) in [4.78, 5) is 26.5. The molecular weight excluding hydrogens is 314 g/mol. The molecule has 3 rings (SSSR count). The van der Waals surface area contributed by atoms with E-state index in [0.717, 1.165) is 11.1 Å². The first kappa shape index (κ1) is 17.4. The maximum absolute atomic E-state index is 12.5. The third-order valence-electron chi connectivity index (χ3n) is 4.53. The number of carbonyl (C=O) groups excluding carboxylic acids is 2. The molecular formula is C21H23NO3. The molecule has 0 N–H and O–H groups in total. The van der Waals surface area contributed by atoms with Gasteiger partial charge >= 0.3 is 0 Å². The zero-order chi connectivity index (χ0) is 17.6. The van der Waals surface area contributed by atoms with Gasteiger partial charge in [0.15, 0.2) is 5.78 Å². The Bertz CT molecular complexity index is 725. The molecule has 1 saturated heterocycles. The molecule has 1 atom stereocenters. The molecule has 0 aliphatic carbocycles. The quantitative estimate of drug-likeness (QED) is 0.784. The fourth-order valence-corrected chi connectivity index (χ4v) is 3.01. The van der Waals surface area contributed by atoms with E-state index in [0.29, 0.717) is 25.3 Å². The molecule has 4 heteroatoms. The molecule has 0 spiro atoms. The molecule has 1 unspecified atom stereocenters. The van der Waals surface area contributed by atoms with Gasteiger partial charge in [0.1, 0.15) is 6.10 Å². The fraction of sp³-hybridized carbons (Fsp3) is 0.333. The molecule has 1 aliphatic heterocycles. The molecule has 0 bridgehead atoms. The maximum atomic E-state index is 12.5. The van der Waals surface area contributed by atoms with Crippen LogP contribution in [0.1, 0.15) is 40.4 Å². The lowest BCUT2D eigenvalue weighted by atomic mass is 10.0. The van der Waals surface area contributed by atoms with Crippen LogP contribution in [0, 0.1) is 6.92 Å². The number of hydrogen-bond acceptors (Lipinski definition) is 3. The van der Waals surface area contributed by atoms with Crippen molar-refractivity contribution in [1.82, 2.24) is 4.90 Å². The molecule has 2 aromatic carbocycles. The highest BCUT2D eigenvalue weighted by Gasteiger charge is 2.25. The average molecular weight is 337 g/mol. The Balaban J connectivity index is 1.54. The highest BCUT2D eigenvalue weighted by molar-refractivity contribution is 5.98. The van der Waals surface area contributed by atoms with Gasteiger partial charge in [0.05, 0.1) is 13.2 Å². The Morgan fingerprint density at radius 2 is 1.76 bits per heavy atom. The van der Waals surface area contributed by atoms with Gasteiger partial charge in [-0.2, -0.15) is 0 Å². The van der Waals surface area contributed by atoms with Gasteiger partial charge in [0.2, 0.25) is 5.91 Å². The van der Waals surface area contributed by atoms with Gasteiger partial charge in [-0.15, -0.1) is 0 Å². The number of Topliss-reactive ketones (excluding diaryl/α,β-unsaturated/α-hetero) is 1. The maximum Gasteiger partial charge on any atom is 0.223 e. The summed E-state index contributed by atoms with van der Waals surface area (Å²) < 4.78 is 5.79. The van der Waals surface area contributed by atoms with Gasteiger partial charge in [0.25, 0.3) is 0 Å². The van der Waals surface area contributed by atoms with Crippen molar-refractivity contribution in [3.05, 3.63) is 71.3 Å². The van der Waals surface area contributed by atoms with E-state index >= 15 is 0 Å². The number of ether oxygens (including phenoxy) is 1. The van der Waals surface area contributed by atoms with E-state index < -0.39 is 0 Å². The number of amides is 1. The van der Waals surface area contributed by atoms with Crippen molar-refractivity contribution in [2.24, 2.45) is 0 Å². The van der Waals surface area contributed by atoms with Crippen molar-refractivity contribution in [3.63, 3.8) is 0 Å². The molecule has 0 radical (unpaired) electrons. The minimum atomic E-state index is -0.0910. The minimum absolute atomic E-state index is 0.0150. The Morgan fingerprint density at radius 1 is 1.04 bits per heavy atom. The van der Waals surface area contributed by atoms with Crippen molar-refractivity contribution < 1.29 is 14.3 Å². The van der Waals surface area contributed by atoms with Gasteiger partial charge in [-0.25, -0.2) is 0 Å². The molecule has 1 fully saturated rings. The van der Waals surface area contributed by atoms with Crippen molar-refractivity contribution in [3.8, 4) is 0 Å². The molecule has 25 heavy (non-hydrogen) atoms. The zero-order valence-corrected chi connectivity index (χ0v) is 14.5. The van der Waals surface area contributed by atoms with Crippen molar-refractivity contribution >= 4 is 11.7 Å². The van der Waals surface area contributed by atoms with Crippen LogP contribution in [0.2, 0.25) is 0 Å². The molecule has 130 valence electrons. The van der Waals surface area contributed by atoms with Gasteiger partial charge in [-0.1, -0.05) is 60.2 Å². The molecule has 1 heterocycles. The molecule has 0 saturated carbocycles. The first-order valence-corrected chi connectivity index (χ1v) is 8.67. The Hall–Kier alpha value is -2.46. The first-order valence-electron chi connectivity index (χ1n) is 8.67. The summed E-state index contributed by atoms with van der Waals surface area (Å²) in [6, 6.07) is 17.4. The van der Waals surface area contributed by atoms with Crippen LogP contribution in [0.3, 0.4) is 0 Å². The summed E-state index contributed by atoms with van der Waals surface area (Å²) in [6.45, 7) is 3.64. The largest absolute Gasteiger partial charge is 0.370 e. The van der Waals surface area contributed by atoms with Crippen LogP contribution >= 0.6 is 0 Å². The van der Waals surface area contributed by atoms with Crippen LogP contribution in [-0.2, 0) is 9.53 Å². The van der Waals surface area contributed by atoms with Crippen LogP contribution in [0.4, 0.5) is 0 Å². The number of morpholine rings is 1. The average Bonchev–Trinajstić information content (AvgIpc) is 2.67. The number of carbonyl (C=O) groups is 2. The Morgan fingerprint density at radius 3 is 2.48 bits per heavy atom. The number of hydrogen-bond donors (Lipinski definition) is 0. The first-order chi connectivity index (χ1) is 12.1. The summed E-state index contributed by atoms with van der Waals surface area (Å²) >= 11 is 0. The Labute approximate surface area is 148 Å². The number of benzene rings is 2. The summed E-state index contributed by atoms with van der Waals surface area (Å²) in [7, 11) is 0. The van der Waals surface area contributed by atoms with Crippen molar-refractivity contribution in [2.45, 2.75) is 25.9 Å². The van der Waals surface area contributed by atoms with Gasteiger partial charge in [-0.05, 0) is 12.5 Å². The van der Waals surface area contributed by atoms with Crippen LogP contribution in [0.25, 0.3) is 0 Å². The molecule has 1 aliphatic rings.